The molecular weight excluding hydrogens is 285 g/mol. The van der Waals surface area contributed by atoms with Crippen LogP contribution < -0.4 is 10.6 Å². The molecule has 2 aromatic rings. The number of hydrogen-bond acceptors (Lipinski definition) is 5. The van der Waals surface area contributed by atoms with E-state index < -0.39 is 11.9 Å². The predicted octanol–water partition coefficient (Wildman–Crippen LogP) is 1.41. The molecule has 0 saturated carbocycles. The van der Waals surface area contributed by atoms with Crippen LogP contribution in [0.15, 0.2) is 18.3 Å². The van der Waals surface area contributed by atoms with Crippen molar-refractivity contribution in [2.24, 2.45) is 0 Å². The molecule has 0 atom stereocenters. The van der Waals surface area contributed by atoms with Gasteiger partial charge in [0, 0.05) is 19.3 Å². The molecule has 0 fully saturated rings. The molecule has 1 aliphatic rings. The molecule has 9 heteroatoms. The second-order valence-corrected chi connectivity index (χ2v) is 4.64. The maximum atomic E-state index is 12.5. The number of rotatable bonds is 3. The number of alkyl halides is 3. The first kappa shape index (κ1) is 13.8. The van der Waals surface area contributed by atoms with E-state index in [4.69, 9.17) is 0 Å². The lowest BCUT2D eigenvalue weighted by atomic mass is 10.3. The fourth-order valence-electron chi connectivity index (χ4n) is 2.11. The topological polar surface area (TPSA) is 67.7 Å². The van der Waals surface area contributed by atoms with E-state index >= 15 is 0 Å². The van der Waals surface area contributed by atoms with Crippen LogP contribution in [0.25, 0.3) is 0 Å². The van der Waals surface area contributed by atoms with Gasteiger partial charge in [0.15, 0.2) is 0 Å². The molecule has 0 aromatic carbocycles. The van der Waals surface area contributed by atoms with Crippen molar-refractivity contribution in [1.82, 2.24) is 25.1 Å². The summed E-state index contributed by atoms with van der Waals surface area (Å²) in [5, 5.41) is 10.4. The molecule has 0 radical (unpaired) electrons. The Balaban J connectivity index is 1.69. The fourth-order valence-corrected chi connectivity index (χ4v) is 2.11. The number of fused-ring (bicyclic) bond motifs is 1. The molecule has 0 amide bonds. The Morgan fingerprint density at radius 3 is 3.00 bits per heavy atom. The SMILES string of the molecule is FC(F)(F)c1ccnc(NCc2cc3n(n2)CCNC3)n1. The number of nitrogens with one attached hydrogen (secondary N) is 2. The Kier molecular flexibility index (Phi) is 3.50. The molecule has 2 N–H and O–H groups in total. The lowest BCUT2D eigenvalue weighted by Gasteiger charge is -2.13. The molecule has 0 aliphatic carbocycles. The molecule has 1 aliphatic heterocycles. The first-order chi connectivity index (χ1) is 10.0. The van der Waals surface area contributed by atoms with E-state index in [9.17, 15) is 13.2 Å². The minimum atomic E-state index is -4.47. The maximum absolute atomic E-state index is 12.5. The van der Waals surface area contributed by atoms with Gasteiger partial charge in [-0.15, -0.1) is 0 Å². The number of nitrogens with zero attached hydrogens (tertiary/aromatic N) is 4. The van der Waals surface area contributed by atoms with Crippen molar-refractivity contribution >= 4 is 5.95 Å². The van der Waals surface area contributed by atoms with Crippen LogP contribution in [0.4, 0.5) is 19.1 Å². The Hall–Kier alpha value is -2.16. The standard InChI is InChI=1S/C12H13F3N6/c13-12(14,15)10-1-2-17-11(19-10)18-6-8-5-9-7-16-3-4-21(9)20-8/h1-2,5,16H,3-4,6-7H2,(H,17,18,19). The van der Waals surface area contributed by atoms with Crippen molar-refractivity contribution in [2.75, 3.05) is 11.9 Å². The minimum Gasteiger partial charge on any atom is -0.348 e. The summed E-state index contributed by atoms with van der Waals surface area (Å²) >= 11 is 0. The van der Waals surface area contributed by atoms with E-state index in [1.165, 1.54) is 0 Å². The zero-order valence-electron chi connectivity index (χ0n) is 11.0. The average molecular weight is 298 g/mol. The van der Waals surface area contributed by atoms with E-state index in [-0.39, 0.29) is 12.5 Å². The van der Waals surface area contributed by atoms with Gasteiger partial charge in [-0.05, 0) is 12.1 Å². The summed E-state index contributed by atoms with van der Waals surface area (Å²) in [5.74, 6) is -0.0612. The third kappa shape index (κ3) is 3.13. The van der Waals surface area contributed by atoms with Crippen molar-refractivity contribution in [2.45, 2.75) is 25.8 Å². The molecule has 112 valence electrons. The molecule has 0 bridgehead atoms. The lowest BCUT2D eigenvalue weighted by Crippen LogP contribution is -2.28. The molecule has 2 aromatic heterocycles. The Morgan fingerprint density at radius 1 is 1.38 bits per heavy atom. The molecule has 0 spiro atoms. The third-order valence-electron chi connectivity index (χ3n) is 3.09. The highest BCUT2D eigenvalue weighted by atomic mass is 19.4. The van der Waals surface area contributed by atoms with Crippen LogP contribution in [0.2, 0.25) is 0 Å². The van der Waals surface area contributed by atoms with Crippen molar-refractivity contribution in [3.05, 3.63) is 35.4 Å². The van der Waals surface area contributed by atoms with Gasteiger partial charge in [0.25, 0.3) is 0 Å². The average Bonchev–Trinajstić information content (AvgIpc) is 2.87. The normalized spacial score (nSPS) is 14.8. The molecule has 3 heterocycles. The third-order valence-corrected chi connectivity index (χ3v) is 3.09. The quantitative estimate of drug-likeness (QED) is 0.897. The summed E-state index contributed by atoms with van der Waals surface area (Å²) in [5.41, 5.74) is 0.839. The first-order valence-corrected chi connectivity index (χ1v) is 6.43. The van der Waals surface area contributed by atoms with Gasteiger partial charge in [0.2, 0.25) is 5.95 Å². The van der Waals surface area contributed by atoms with Crippen LogP contribution in [-0.4, -0.2) is 26.3 Å². The van der Waals surface area contributed by atoms with E-state index in [0.29, 0.717) is 0 Å². The molecular formula is C12H13F3N6. The van der Waals surface area contributed by atoms with Crippen LogP contribution >= 0.6 is 0 Å². The van der Waals surface area contributed by atoms with Crippen molar-refractivity contribution in [1.29, 1.82) is 0 Å². The van der Waals surface area contributed by atoms with Gasteiger partial charge in [-0.25, -0.2) is 9.97 Å². The zero-order valence-corrected chi connectivity index (χ0v) is 11.0. The Labute approximate surface area is 118 Å². The van der Waals surface area contributed by atoms with Gasteiger partial charge < -0.3 is 10.6 Å². The number of hydrogen-bond donors (Lipinski definition) is 2. The highest BCUT2D eigenvalue weighted by Crippen LogP contribution is 2.27. The van der Waals surface area contributed by atoms with Crippen LogP contribution in [0.3, 0.4) is 0 Å². The van der Waals surface area contributed by atoms with Gasteiger partial charge in [0.1, 0.15) is 5.69 Å². The Bertz CT molecular complexity index is 613. The second kappa shape index (κ2) is 5.32. The van der Waals surface area contributed by atoms with Gasteiger partial charge in [-0.3, -0.25) is 4.68 Å². The van der Waals surface area contributed by atoms with Crippen molar-refractivity contribution in [3.8, 4) is 0 Å². The molecule has 6 nitrogen and oxygen atoms in total. The predicted molar refractivity (Wildman–Crippen MR) is 68.3 cm³/mol. The van der Waals surface area contributed by atoms with Crippen LogP contribution in [0, 0.1) is 0 Å². The first-order valence-electron chi connectivity index (χ1n) is 6.43. The summed E-state index contributed by atoms with van der Waals surface area (Å²) in [6, 6.07) is 2.75. The minimum absolute atomic E-state index is 0.0612. The molecule has 21 heavy (non-hydrogen) atoms. The number of aromatic nitrogens is 4. The summed E-state index contributed by atoms with van der Waals surface area (Å²) in [7, 11) is 0. The number of halogens is 3. The summed E-state index contributed by atoms with van der Waals surface area (Å²) in [6.45, 7) is 2.67. The summed E-state index contributed by atoms with van der Waals surface area (Å²) in [4.78, 5) is 7.23. The lowest BCUT2D eigenvalue weighted by molar-refractivity contribution is -0.141. The monoisotopic (exact) mass is 298 g/mol. The van der Waals surface area contributed by atoms with E-state index in [0.717, 1.165) is 43.3 Å². The van der Waals surface area contributed by atoms with Gasteiger partial charge in [-0.2, -0.15) is 18.3 Å². The van der Waals surface area contributed by atoms with Crippen LogP contribution in [0.1, 0.15) is 17.1 Å². The molecule has 3 rings (SSSR count). The summed E-state index contributed by atoms with van der Waals surface area (Å²) in [6.07, 6.45) is -3.39. The fraction of sp³-hybridized carbons (Fsp3) is 0.417. The van der Waals surface area contributed by atoms with Gasteiger partial charge in [0.05, 0.1) is 24.5 Å². The zero-order chi connectivity index (χ0) is 14.9. The van der Waals surface area contributed by atoms with Crippen molar-refractivity contribution in [3.63, 3.8) is 0 Å². The van der Waals surface area contributed by atoms with Gasteiger partial charge in [-0.1, -0.05) is 0 Å². The number of anilines is 1. The largest absolute Gasteiger partial charge is 0.433 e. The highest BCUT2D eigenvalue weighted by Gasteiger charge is 2.32. The van der Waals surface area contributed by atoms with Crippen molar-refractivity contribution < 1.29 is 13.2 Å². The molecule has 0 unspecified atom stereocenters. The summed E-state index contributed by atoms with van der Waals surface area (Å²) < 4.78 is 39.5. The molecule has 0 saturated heterocycles. The smallest absolute Gasteiger partial charge is 0.348 e. The maximum Gasteiger partial charge on any atom is 0.433 e. The van der Waals surface area contributed by atoms with Crippen LogP contribution in [-0.2, 0) is 25.8 Å². The van der Waals surface area contributed by atoms with Gasteiger partial charge >= 0.3 is 6.18 Å². The highest BCUT2D eigenvalue weighted by molar-refractivity contribution is 5.27. The Morgan fingerprint density at radius 2 is 2.24 bits per heavy atom. The van der Waals surface area contributed by atoms with Crippen LogP contribution in [0.5, 0.6) is 0 Å². The van der Waals surface area contributed by atoms with E-state index in [2.05, 4.69) is 25.7 Å². The second-order valence-electron chi connectivity index (χ2n) is 4.64. The van der Waals surface area contributed by atoms with E-state index in [1.807, 2.05) is 10.7 Å². The van der Waals surface area contributed by atoms with E-state index in [1.54, 1.807) is 0 Å².